The molecular formula is C45H27N3OS. The standard InChI is InChI=1S/C45H27N3OS/c1-3-12-28(13-4-1)30-16-11-17-32(24-30)44-46-43(29-14-5-2-6-15-29)47-45(48-44)33-26-36(42-35-19-7-9-20-38(35)49-39(42)27-33)31-22-23-41-37(25-31)34-18-8-10-21-40(34)50-41/h1-27H. The lowest BCUT2D eigenvalue weighted by Gasteiger charge is -2.11. The number of hydrogen-bond acceptors (Lipinski definition) is 5. The molecule has 0 spiro atoms. The van der Waals surface area contributed by atoms with E-state index in [1.54, 1.807) is 0 Å². The molecule has 0 unspecified atom stereocenters. The topological polar surface area (TPSA) is 51.8 Å². The van der Waals surface area contributed by atoms with Gasteiger partial charge < -0.3 is 4.42 Å². The van der Waals surface area contributed by atoms with Gasteiger partial charge in [-0.3, -0.25) is 0 Å². The molecule has 4 nitrogen and oxygen atoms in total. The van der Waals surface area contributed by atoms with E-state index in [4.69, 9.17) is 19.4 Å². The summed E-state index contributed by atoms with van der Waals surface area (Å²) in [6.07, 6.45) is 0. The Hall–Kier alpha value is -6.43. The number of thiophene rings is 1. The second-order valence-electron chi connectivity index (χ2n) is 12.4. The highest BCUT2D eigenvalue weighted by Gasteiger charge is 2.19. The minimum Gasteiger partial charge on any atom is -0.456 e. The molecule has 0 atom stereocenters. The van der Waals surface area contributed by atoms with Gasteiger partial charge in [0.05, 0.1) is 0 Å². The van der Waals surface area contributed by atoms with Crippen molar-refractivity contribution in [3.8, 4) is 56.4 Å². The van der Waals surface area contributed by atoms with Crippen molar-refractivity contribution >= 4 is 53.4 Å². The van der Waals surface area contributed by atoms with Crippen LogP contribution in [0.5, 0.6) is 0 Å². The van der Waals surface area contributed by atoms with Gasteiger partial charge in [-0.1, -0.05) is 121 Å². The van der Waals surface area contributed by atoms with Crippen LogP contribution in [0, 0.1) is 0 Å². The highest BCUT2D eigenvalue weighted by Crippen LogP contribution is 2.42. The molecule has 7 aromatic carbocycles. The quantitative estimate of drug-likeness (QED) is 0.185. The van der Waals surface area contributed by atoms with Gasteiger partial charge in [-0.05, 0) is 64.7 Å². The smallest absolute Gasteiger partial charge is 0.164 e. The van der Waals surface area contributed by atoms with Crippen LogP contribution in [-0.4, -0.2) is 15.0 Å². The minimum absolute atomic E-state index is 0.588. The number of nitrogens with zero attached hydrogens (tertiary/aromatic N) is 3. The first-order valence-corrected chi connectivity index (χ1v) is 17.4. The molecule has 5 heteroatoms. The van der Waals surface area contributed by atoms with Crippen LogP contribution in [0.3, 0.4) is 0 Å². The normalized spacial score (nSPS) is 11.6. The molecular weight excluding hydrogens is 631 g/mol. The van der Waals surface area contributed by atoms with Crippen molar-refractivity contribution < 1.29 is 4.42 Å². The molecule has 0 aliphatic rings. The molecule has 3 aromatic heterocycles. The van der Waals surface area contributed by atoms with E-state index in [2.05, 4.69) is 115 Å². The summed E-state index contributed by atoms with van der Waals surface area (Å²) in [4.78, 5) is 15.3. The Morgan fingerprint density at radius 1 is 0.360 bits per heavy atom. The van der Waals surface area contributed by atoms with Crippen LogP contribution in [0.1, 0.15) is 0 Å². The highest BCUT2D eigenvalue weighted by atomic mass is 32.1. The Kier molecular flexibility index (Phi) is 6.64. The highest BCUT2D eigenvalue weighted by molar-refractivity contribution is 7.25. The van der Waals surface area contributed by atoms with E-state index in [1.807, 2.05) is 59.9 Å². The van der Waals surface area contributed by atoms with Crippen LogP contribution in [-0.2, 0) is 0 Å². The lowest BCUT2D eigenvalue weighted by Crippen LogP contribution is -2.00. The van der Waals surface area contributed by atoms with Crippen LogP contribution >= 0.6 is 11.3 Å². The summed E-state index contributed by atoms with van der Waals surface area (Å²) < 4.78 is 9.10. The molecule has 50 heavy (non-hydrogen) atoms. The van der Waals surface area contributed by atoms with E-state index in [-0.39, 0.29) is 0 Å². The molecule has 10 rings (SSSR count). The van der Waals surface area contributed by atoms with E-state index in [9.17, 15) is 0 Å². The molecule has 0 amide bonds. The van der Waals surface area contributed by atoms with Gasteiger partial charge in [-0.15, -0.1) is 11.3 Å². The van der Waals surface area contributed by atoms with Gasteiger partial charge in [0.1, 0.15) is 11.2 Å². The zero-order valence-corrected chi connectivity index (χ0v) is 27.6. The van der Waals surface area contributed by atoms with E-state index < -0.39 is 0 Å². The first kappa shape index (κ1) is 28.6. The van der Waals surface area contributed by atoms with E-state index in [0.717, 1.165) is 60.9 Å². The Labute approximate surface area is 292 Å². The largest absolute Gasteiger partial charge is 0.456 e. The van der Waals surface area contributed by atoms with Gasteiger partial charge in [-0.2, -0.15) is 0 Å². The number of rotatable bonds is 5. The van der Waals surface area contributed by atoms with Crippen LogP contribution in [0.15, 0.2) is 168 Å². The Balaban J connectivity index is 1.21. The zero-order chi connectivity index (χ0) is 33.0. The lowest BCUT2D eigenvalue weighted by molar-refractivity contribution is 0.669. The number of benzene rings is 7. The Morgan fingerprint density at radius 2 is 0.980 bits per heavy atom. The third kappa shape index (κ3) is 4.87. The van der Waals surface area contributed by atoms with Crippen molar-refractivity contribution in [3.63, 3.8) is 0 Å². The molecule has 0 N–H and O–H groups in total. The van der Waals surface area contributed by atoms with Crippen LogP contribution in [0.2, 0.25) is 0 Å². The van der Waals surface area contributed by atoms with Gasteiger partial charge in [0.25, 0.3) is 0 Å². The summed E-state index contributed by atoms with van der Waals surface area (Å²) in [6.45, 7) is 0. The van der Waals surface area contributed by atoms with Crippen LogP contribution < -0.4 is 0 Å². The van der Waals surface area contributed by atoms with Crippen molar-refractivity contribution in [3.05, 3.63) is 164 Å². The van der Waals surface area contributed by atoms with Gasteiger partial charge in [0.15, 0.2) is 17.5 Å². The molecule has 10 aromatic rings. The number of para-hydroxylation sites is 1. The third-order valence-electron chi connectivity index (χ3n) is 9.32. The summed E-state index contributed by atoms with van der Waals surface area (Å²) in [5, 5.41) is 4.68. The Bertz CT molecular complexity index is 2870. The fourth-order valence-corrected chi connectivity index (χ4v) is 8.01. The number of hydrogen-bond donors (Lipinski definition) is 0. The molecule has 3 heterocycles. The van der Waals surface area contributed by atoms with Crippen LogP contribution in [0.25, 0.3) is 98.5 Å². The SMILES string of the molecule is c1ccc(-c2cccc(-c3nc(-c4ccccc4)nc(-c4cc(-c5ccc6sc7ccccc7c6c5)c5c(c4)oc4ccccc45)n3)c2)cc1. The summed E-state index contributed by atoms with van der Waals surface area (Å²) in [6, 6.07) is 56.8. The maximum atomic E-state index is 6.54. The van der Waals surface area contributed by atoms with E-state index in [1.165, 1.54) is 20.2 Å². The third-order valence-corrected chi connectivity index (χ3v) is 10.5. The first-order chi connectivity index (χ1) is 24.7. The molecule has 0 aliphatic heterocycles. The number of aromatic nitrogens is 3. The number of fused-ring (bicyclic) bond motifs is 6. The maximum absolute atomic E-state index is 6.54. The molecule has 0 saturated heterocycles. The van der Waals surface area contributed by atoms with Crippen molar-refractivity contribution in [1.82, 2.24) is 15.0 Å². The van der Waals surface area contributed by atoms with Crippen molar-refractivity contribution in [2.24, 2.45) is 0 Å². The number of furan rings is 1. The monoisotopic (exact) mass is 657 g/mol. The van der Waals surface area contributed by atoms with Gasteiger partial charge in [0.2, 0.25) is 0 Å². The summed E-state index contributed by atoms with van der Waals surface area (Å²) in [5.74, 6) is 1.82. The van der Waals surface area contributed by atoms with Gasteiger partial charge in [-0.25, -0.2) is 15.0 Å². The molecule has 0 fully saturated rings. The summed E-state index contributed by atoms with van der Waals surface area (Å²) >= 11 is 1.83. The lowest BCUT2D eigenvalue weighted by atomic mass is 9.95. The second kappa shape index (κ2) is 11.6. The van der Waals surface area contributed by atoms with E-state index >= 15 is 0 Å². The molecule has 0 aliphatic carbocycles. The molecule has 234 valence electrons. The maximum Gasteiger partial charge on any atom is 0.164 e. The second-order valence-corrected chi connectivity index (χ2v) is 13.5. The van der Waals surface area contributed by atoms with Crippen molar-refractivity contribution in [2.75, 3.05) is 0 Å². The van der Waals surface area contributed by atoms with Crippen LogP contribution in [0.4, 0.5) is 0 Å². The zero-order valence-electron chi connectivity index (χ0n) is 26.7. The first-order valence-electron chi connectivity index (χ1n) is 16.6. The van der Waals surface area contributed by atoms with Crippen molar-refractivity contribution in [2.45, 2.75) is 0 Å². The molecule has 0 bridgehead atoms. The summed E-state index contributed by atoms with van der Waals surface area (Å²) in [5.41, 5.74) is 8.80. The van der Waals surface area contributed by atoms with Crippen molar-refractivity contribution in [1.29, 1.82) is 0 Å². The summed E-state index contributed by atoms with van der Waals surface area (Å²) in [7, 11) is 0. The minimum atomic E-state index is 0.588. The van der Waals surface area contributed by atoms with E-state index in [0.29, 0.717) is 17.5 Å². The van der Waals surface area contributed by atoms with Gasteiger partial charge in [0, 0.05) is 47.6 Å². The molecule has 0 saturated carbocycles. The Morgan fingerprint density at radius 3 is 1.80 bits per heavy atom. The predicted molar refractivity (Wildman–Crippen MR) is 207 cm³/mol. The predicted octanol–water partition coefficient (Wildman–Crippen LogP) is 12.5. The fraction of sp³-hybridized carbons (Fsp3) is 0. The average Bonchev–Trinajstić information content (AvgIpc) is 3.76. The average molecular weight is 658 g/mol. The fourth-order valence-electron chi connectivity index (χ4n) is 6.92. The molecule has 0 radical (unpaired) electrons. The van der Waals surface area contributed by atoms with Gasteiger partial charge >= 0.3 is 0 Å².